The van der Waals surface area contributed by atoms with Crippen LogP contribution in [0.15, 0.2) is 36.4 Å². The zero-order valence-corrected chi connectivity index (χ0v) is 24.0. The van der Waals surface area contributed by atoms with Crippen LogP contribution in [0.5, 0.6) is 0 Å². The quantitative estimate of drug-likeness (QED) is 0.376. The summed E-state index contributed by atoms with van der Waals surface area (Å²) in [6.07, 6.45) is -4.12. The predicted octanol–water partition coefficient (Wildman–Crippen LogP) is 5.62. The van der Waals surface area contributed by atoms with Gasteiger partial charge in [-0.15, -0.1) is 0 Å². The summed E-state index contributed by atoms with van der Waals surface area (Å²) in [4.78, 5) is 27.5. The number of benzene rings is 2. The molecule has 0 heterocycles. The number of anilines is 1. The molecular formula is C24H27Cl3F3N3O4S. The zero-order valence-electron chi connectivity index (χ0n) is 20.9. The number of nitrogens with one attached hydrogen (secondary N) is 1. The van der Waals surface area contributed by atoms with Crippen LogP contribution in [-0.4, -0.2) is 50.5 Å². The third-order valence-corrected chi connectivity index (χ3v) is 7.64. The van der Waals surface area contributed by atoms with Crippen LogP contribution < -0.4 is 9.62 Å². The van der Waals surface area contributed by atoms with Crippen molar-refractivity contribution in [1.82, 2.24) is 10.2 Å². The SMILES string of the molecule is CC(C)CNC(=O)[C@@H](C)N(Cc1c(Cl)cccc1Cl)C(=O)CN(c1ccc(Cl)c(C(F)(F)F)c1)S(C)(=O)=O. The number of sulfonamides is 1. The van der Waals surface area contributed by atoms with E-state index in [1.54, 1.807) is 6.07 Å². The molecule has 7 nitrogen and oxygen atoms in total. The van der Waals surface area contributed by atoms with Gasteiger partial charge in [0.25, 0.3) is 0 Å². The lowest BCUT2D eigenvalue weighted by atomic mass is 10.1. The molecule has 0 aromatic heterocycles. The summed E-state index contributed by atoms with van der Waals surface area (Å²) in [5.41, 5.74) is -1.38. The van der Waals surface area contributed by atoms with Crippen molar-refractivity contribution >= 4 is 62.3 Å². The van der Waals surface area contributed by atoms with Gasteiger partial charge in [0.15, 0.2) is 0 Å². The number of carbonyl (C=O) groups is 2. The van der Waals surface area contributed by atoms with Crippen LogP contribution in [0.2, 0.25) is 15.1 Å². The molecule has 14 heteroatoms. The molecule has 0 bridgehead atoms. The van der Waals surface area contributed by atoms with Crippen LogP contribution in [0.4, 0.5) is 18.9 Å². The van der Waals surface area contributed by atoms with E-state index in [0.717, 1.165) is 23.3 Å². The van der Waals surface area contributed by atoms with Gasteiger partial charge in [0, 0.05) is 28.7 Å². The highest BCUT2D eigenvalue weighted by Gasteiger charge is 2.36. The third-order valence-electron chi connectivity index (χ3n) is 5.46. The van der Waals surface area contributed by atoms with Crippen LogP contribution in [0.25, 0.3) is 0 Å². The molecule has 2 rings (SSSR count). The number of halogens is 6. The molecule has 0 fully saturated rings. The Labute approximate surface area is 234 Å². The van der Waals surface area contributed by atoms with Gasteiger partial charge in [-0.25, -0.2) is 8.42 Å². The Bertz CT molecular complexity index is 1270. The lowest BCUT2D eigenvalue weighted by molar-refractivity contribution is -0.139. The molecule has 2 aromatic rings. The highest BCUT2D eigenvalue weighted by molar-refractivity contribution is 7.92. The smallest absolute Gasteiger partial charge is 0.354 e. The number of alkyl halides is 3. The van der Waals surface area contributed by atoms with Gasteiger partial charge >= 0.3 is 6.18 Å². The summed E-state index contributed by atoms with van der Waals surface area (Å²) in [5, 5.41) is 2.49. The Balaban J connectivity index is 2.52. The minimum absolute atomic E-state index is 0.113. The minimum Gasteiger partial charge on any atom is -0.354 e. The summed E-state index contributed by atoms with van der Waals surface area (Å²) >= 11 is 18.2. The second kappa shape index (κ2) is 12.8. The molecule has 1 N–H and O–H groups in total. The first-order chi connectivity index (χ1) is 17.4. The van der Waals surface area contributed by atoms with E-state index < -0.39 is 56.9 Å². The van der Waals surface area contributed by atoms with Crippen molar-refractivity contribution < 1.29 is 31.2 Å². The van der Waals surface area contributed by atoms with Crippen molar-refractivity contribution in [3.05, 3.63) is 62.6 Å². The predicted molar refractivity (Wildman–Crippen MR) is 143 cm³/mol. The summed E-state index contributed by atoms with van der Waals surface area (Å²) in [7, 11) is -4.26. The lowest BCUT2D eigenvalue weighted by Crippen LogP contribution is -2.51. The van der Waals surface area contributed by atoms with Gasteiger partial charge in [-0.05, 0) is 43.2 Å². The molecule has 0 unspecified atom stereocenters. The molecule has 2 aromatic carbocycles. The highest BCUT2D eigenvalue weighted by Crippen LogP contribution is 2.37. The second-order valence-corrected chi connectivity index (χ2v) is 12.1. The standard InChI is InChI=1S/C24H27Cl3F3N3O4S/c1-14(2)11-31-23(35)15(3)32(12-17-19(25)6-5-7-20(17)26)22(34)13-33(38(4,36)37)16-8-9-21(27)18(10-16)24(28,29)30/h5-10,14-15H,11-13H2,1-4H3,(H,31,35)/t15-/m1/s1. The Morgan fingerprint density at radius 3 is 2.08 bits per heavy atom. The van der Waals surface area contributed by atoms with Gasteiger partial charge < -0.3 is 10.2 Å². The van der Waals surface area contributed by atoms with Gasteiger partial charge in [-0.1, -0.05) is 54.7 Å². The van der Waals surface area contributed by atoms with Gasteiger partial charge in [0.05, 0.1) is 22.5 Å². The second-order valence-electron chi connectivity index (χ2n) is 8.97. The minimum atomic E-state index is -4.86. The number of hydrogen-bond donors (Lipinski definition) is 1. The fraction of sp³-hybridized carbons (Fsp3) is 0.417. The highest BCUT2D eigenvalue weighted by atomic mass is 35.5. The summed E-state index contributed by atoms with van der Waals surface area (Å²) in [6, 6.07) is 6.04. The molecule has 0 spiro atoms. The molecule has 0 saturated heterocycles. The van der Waals surface area contributed by atoms with E-state index in [0.29, 0.717) is 22.5 Å². The normalized spacial score (nSPS) is 12.8. The zero-order chi connectivity index (χ0) is 29.0. The molecule has 0 radical (unpaired) electrons. The lowest BCUT2D eigenvalue weighted by Gasteiger charge is -2.32. The van der Waals surface area contributed by atoms with Crippen LogP contribution in [0.1, 0.15) is 31.9 Å². The van der Waals surface area contributed by atoms with Crippen molar-refractivity contribution in [1.29, 1.82) is 0 Å². The maximum absolute atomic E-state index is 13.5. The molecule has 38 heavy (non-hydrogen) atoms. The van der Waals surface area contributed by atoms with Gasteiger partial charge in [-0.2, -0.15) is 13.2 Å². The van der Waals surface area contributed by atoms with E-state index in [2.05, 4.69) is 5.32 Å². The van der Waals surface area contributed by atoms with E-state index in [1.807, 2.05) is 13.8 Å². The number of rotatable bonds is 10. The Morgan fingerprint density at radius 2 is 1.58 bits per heavy atom. The fourth-order valence-corrected chi connectivity index (χ4v) is 4.97. The van der Waals surface area contributed by atoms with Crippen molar-refractivity contribution in [2.24, 2.45) is 5.92 Å². The Kier molecular flexibility index (Phi) is 10.7. The van der Waals surface area contributed by atoms with Gasteiger partial charge in [0.1, 0.15) is 12.6 Å². The molecule has 0 saturated carbocycles. The Morgan fingerprint density at radius 1 is 1.00 bits per heavy atom. The topological polar surface area (TPSA) is 86.8 Å². The fourth-order valence-electron chi connectivity index (χ4n) is 3.39. The van der Waals surface area contributed by atoms with Crippen molar-refractivity contribution in [3.63, 3.8) is 0 Å². The number of amides is 2. The molecule has 2 amide bonds. The molecule has 0 aliphatic rings. The third kappa shape index (κ3) is 8.39. The van der Waals surface area contributed by atoms with Crippen molar-refractivity contribution in [2.45, 2.75) is 39.5 Å². The van der Waals surface area contributed by atoms with Crippen LogP contribution in [0.3, 0.4) is 0 Å². The van der Waals surface area contributed by atoms with E-state index in [1.165, 1.54) is 19.1 Å². The first-order valence-electron chi connectivity index (χ1n) is 11.3. The number of nitrogens with zero attached hydrogens (tertiary/aromatic N) is 2. The van der Waals surface area contributed by atoms with Crippen LogP contribution in [0, 0.1) is 5.92 Å². The maximum atomic E-state index is 13.5. The van der Waals surface area contributed by atoms with Crippen LogP contribution in [-0.2, 0) is 32.3 Å². The average Bonchev–Trinajstić information content (AvgIpc) is 2.79. The molecular weight excluding hydrogens is 590 g/mol. The largest absolute Gasteiger partial charge is 0.417 e. The summed E-state index contributed by atoms with van der Waals surface area (Å²) < 4.78 is 66.0. The van der Waals surface area contributed by atoms with Gasteiger partial charge in [-0.3, -0.25) is 13.9 Å². The van der Waals surface area contributed by atoms with Crippen molar-refractivity contribution in [3.8, 4) is 0 Å². The number of carbonyl (C=O) groups excluding carboxylic acids is 2. The van der Waals surface area contributed by atoms with E-state index in [4.69, 9.17) is 34.8 Å². The Hall–Kier alpha value is -2.21. The van der Waals surface area contributed by atoms with E-state index in [9.17, 15) is 31.2 Å². The molecule has 0 aliphatic carbocycles. The summed E-state index contributed by atoms with van der Waals surface area (Å²) in [6.45, 7) is 4.35. The first kappa shape index (κ1) is 32.0. The summed E-state index contributed by atoms with van der Waals surface area (Å²) in [5.74, 6) is -1.28. The van der Waals surface area contributed by atoms with E-state index >= 15 is 0 Å². The van der Waals surface area contributed by atoms with Crippen molar-refractivity contribution in [2.75, 3.05) is 23.7 Å². The van der Waals surface area contributed by atoms with E-state index in [-0.39, 0.29) is 22.5 Å². The average molecular weight is 617 g/mol. The molecule has 0 aliphatic heterocycles. The number of hydrogen-bond acceptors (Lipinski definition) is 4. The molecule has 1 atom stereocenters. The van der Waals surface area contributed by atoms with Gasteiger partial charge in [0.2, 0.25) is 21.8 Å². The first-order valence-corrected chi connectivity index (χ1v) is 14.3. The van der Waals surface area contributed by atoms with Crippen LogP contribution >= 0.6 is 34.8 Å². The molecule has 210 valence electrons. The maximum Gasteiger partial charge on any atom is 0.417 e. The monoisotopic (exact) mass is 615 g/mol.